The maximum absolute atomic E-state index is 6.03. The SMILES string of the molecule is CC1=C(c2nc(-c3ccc(Cl)cc3)no2)C(c2ccc(C)cc2)NC(=S)N1CCC(C)C. The predicted molar refractivity (Wildman–Crippen MR) is 133 cm³/mol. The monoisotopic (exact) mass is 466 g/mol. The Kier molecular flexibility index (Phi) is 6.63. The Hall–Kier alpha value is -2.70. The van der Waals surface area contributed by atoms with Crippen molar-refractivity contribution in [1.29, 1.82) is 0 Å². The minimum atomic E-state index is -0.170. The first-order valence-electron chi connectivity index (χ1n) is 10.8. The van der Waals surface area contributed by atoms with Crippen LogP contribution in [0.2, 0.25) is 5.02 Å². The van der Waals surface area contributed by atoms with Crippen molar-refractivity contribution in [2.45, 2.75) is 40.2 Å². The summed E-state index contributed by atoms with van der Waals surface area (Å²) in [6, 6.07) is 15.7. The van der Waals surface area contributed by atoms with E-state index in [1.807, 2.05) is 24.3 Å². The molecular weight excluding hydrogens is 440 g/mol. The topological polar surface area (TPSA) is 54.2 Å². The molecule has 0 bridgehead atoms. The highest BCUT2D eigenvalue weighted by Crippen LogP contribution is 2.37. The van der Waals surface area contributed by atoms with Crippen LogP contribution >= 0.6 is 23.8 Å². The van der Waals surface area contributed by atoms with Crippen LogP contribution in [0.1, 0.15) is 50.3 Å². The Labute approximate surface area is 199 Å². The number of halogens is 1. The third-order valence-electron chi connectivity index (χ3n) is 5.70. The molecule has 0 saturated carbocycles. The van der Waals surface area contributed by atoms with Crippen molar-refractivity contribution in [1.82, 2.24) is 20.4 Å². The van der Waals surface area contributed by atoms with Gasteiger partial charge in [-0.2, -0.15) is 4.98 Å². The summed E-state index contributed by atoms with van der Waals surface area (Å²) >= 11 is 11.8. The summed E-state index contributed by atoms with van der Waals surface area (Å²) in [6.45, 7) is 9.42. The molecule has 1 aliphatic rings. The number of aryl methyl sites for hydroxylation is 1. The lowest BCUT2D eigenvalue weighted by atomic mass is 9.94. The second-order valence-electron chi connectivity index (χ2n) is 8.56. The van der Waals surface area contributed by atoms with Gasteiger partial charge in [0.2, 0.25) is 5.82 Å². The van der Waals surface area contributed by atoms with Crippen molar-refractivity contribution in [2.75, 3.05) is 6.54 Å². The van der Waals surface area contributed by atoms with E-state index in [-0.39, 0.29) is 6.04 Å². The van der Waals surface area contributed by atoms with Gasteiger partial charge in [-0.05, 0) is 68.2 Å². The Morgan fingerprint density at radius 3 is 2.44 bits per heavy atom. The van der Waals surface area contributed by atoms with E-state index < -0.39 is 0 Å². The molecule has 0 aliphatic carbocycles. The van der Waals surface area contributed by atoms with E-state index in [9.17, 15) is 0 Å². The lowest BCUT2D eigenvalue weighted by Crippen LogP contribution is -2.46. The molecule has 5 nitrogen and oxygen atoms in total. The van der Waals surface area contributed by atoms with E-state index in [1.165, 1.54) is 5.56 Å². The number of rotatable bonds is 6. The highest BCUT2D eigenvalue weighted by Gasteiger charge is 2.34. The van der Waals surface area contributed by atoms with Gasteiger partial charge in [0.15, 0.2) is 5.11 Å². The summed E-state index contributed by atoms with van der Waals surface area (Å²) in [5, 5.41) is 9.14. The molecule has 166 valence electrons. The fourth-order valence-corrected chi connectivity index (χ4v) is 4.24. The van der Waals surface area contributed by atoms with Gasteiger partial charge in [-0.15, -0.1) is 0 Å². The molecule has 7 heteroatoms. The molecule has 0 spiro atoms. The molecule has 0 saturated heterocycles. The second-order valence-corrected chi connectivity index (χ2v) is 9.38. The van der Waals surface area contributed by atoms with E-state index in [2.05, 4.69) is 67.3 Å². The van der Waals surface area contributed by atoms with Crippen molar-refractivity contribution in [3.8, 4) is 11.4 Å². The van der Waals surface area contributed by atoms with Gasteiger partial charge in [0.1, 0.15) is 0 Å². The number of allylic oxidation sites excluding steroid dienone is 1. The van der Waals surface area contributed by atoms with Crippen LogP contribution in [0.15, 0.2) is 58.8 Å². The fourth-order valence-electron chi connectivity index (χ4n) is 3.77. The van der Waals surface area contributed by atoms with Gasteiger partial charge in [0, 0.05) is 22.8 Å². The third kappa shape index (κ3) is 4.71. The molecule has 2 aromatic carbocycles. The standard InChI is InChI=1S/C25H27ClN4OS/c1-15(2)13-14-30-17(4)21(22(27-25(30)32)18-7-5-16(3)6-8-18)24-28-23(29-31-24)19-9-11-20(26)12-10-19/h5-12,15,22H,13-14H2,1-4H3,(H,27,32). The van der Waals surface area contributed by atoms with Crippen LogP contribution in [0.25, 0.3) is 17.0 Å². The number of hydrogen-bond acceptors (Lipinski definition) is 4. The quantitative estimate of drug-likeness (QED) is 0.424. The smallest absolute Gasteiger partial charge is 0.258 e. The molecule has 1 unspecified atom stereocenters. The molecule has 4 rings (SSSR count). The fraction of sp³-hybridized carbons (Fsp3) is 0.320. The number of hydrogen-bond donors (Lipinski definition) is 1. The Morgan fingerprint density at radius 1 is 1.09 bits per heavy atom. The Bertz CT molecular complexity index is 1140. The normalized spacial score (nSPS) is 16.6. The van der Waals surface area contributed by atoms with E-state index in [0.717, 1.165) is 40.5 Å². The lowest BCUT2D eigenvalue weighted by molar-refractivity contribution is 0.390. The van der Waals surface area contributed by atoms with Crippen molar-refractivity contribution < 1.29 is 4.52 Å². The van der Waals surface area contributed by atoms with Crippen molar-refractivity contribution in [2.24, 2.45) is 5.92 Å². The average Bonchev–Trinajstić information content (AvgIpc) is 3.23. The number of nitrogens with zero attached hydrogens (tertiary/aromatic N) is 3. The molecule has 0 amide bonds. The van der Waals surface area contributed by atoms with E-state index in [4.69, 9.17) is 33.3 Å². The van der Waals surface area contributed by atoms with Gasteiger partial charge in [-0.3, -0.25) is 0 Å². The van der Waals surface area contributed by atoms with Crippen molar-refractivity contribution in [3.63, 3.8) is 0 Å². The minimum Gasteiger partial charge on any atom is -0.351 e. The summed E-state index contributed by atoms with van der Waals surface area (Å²) in [4.78, 5) is 6.88. The van der Waals surface area contributed by atoms with Crippen LogP contribution in [-0.4, -0.2) is 26.7 Å². The number of aromatic nitrogens is 2. The van der Waals surface area contributed by atoms with Crippen LogP contribution in [-0.2, 0) is 0 Å². The molecule has 1 aromatic heterocycles. The zero-order chi connectivity index (χ0) is 22.8. The van der Waals surface area contributed by atoms with Gasteiger partial charge in [-0.1, -0.05) is 60.4 Å². The summed E-state index contributed by atoms with van der Waals surface area (Å²) in [5.41, 5.74) is 5.13. The molecule has 0 radical (unpaired) electrons. The molecule has 32 heavy (non-hydrogen) atoms. The van der Waals surface area contributed by atoms with Crippen LogP contribution in [0.3, 0.4) is 0 Å². The Morgan fingerprint density at radius 2 is 1.78 bits per heavy atom. The Balaban J connectivity index is 1.78. The first-order chi connectivity index (χ1) is 15.3. The third-order valence-corrected chi connectivity index (χ3v) is 6.29. The van der Waals surface area contributed by atoms with Crippen molar-refractivity contribution in [3.05, 3.63) is 76.3 Å². The molecule has 0 fully saturated rings. The zero-order valence-electron chi connectivity index (χ0n) is 18.7. The number of benzene rings is 2. The number of thiocarbonyl (C=S) groups is 1. The van der Waals surface area contributed by atoms with Crippen LogP contribution in [0, 0.1) is 12.8 Å². The molecule has 1 N–H and O–H groups in total. The lowest BCUT2D eigenvalue weighted by Gasteiger charge is -2.37. The second kappa shape index (κ2) is 9.43. The summed E-state index contributed by atoms with van der Waals surface area (Å²) in [6.07, 6.45) is 1.03. The van der Waals surface area contributed by atoms with Gasteiger partial charge in [0.25, 0.3) is 5.89 Å². The molecular formula is C25H27ClN4OS. The van der Waals surface area contributed by atoms with E-state index in [0.29, 0.717) is 22.7 Å². The zero-order valence-corrected chi connectivity index (χ0v) is 20.3. The first-order valence-corrected chi connectivity index (χ1v) is 11.6. The van der Waals surface area contributed by atoms with E-state index >= 15 is 0 Å². The predicted octanol–water partition coefficient (Wildman–Crippen LogP) is 6.41. The van der Waals surface area contributed by atoms with E-state index in [1.54, 1.807) is 0 Å². The summed E-state index contributed by atoms with van der Waals surface area (Å²) in [7, 11) is 0. The van der Waals surface area contributed by atoms with Crippen LogP contribution in [0.4, 0.5) is 0 Å². The maximum atomic E-state index is 6.03. The molecule has 2 heterocycles. The van der Waals surface area contributed by atoms with Crippen LogP contribution in [0.5, 0.6) is 0 Å². The molecule has 3 aromatic rings. The summed E-state index contributed by atoms with van der Waals surface area (Å²) in [5.74, 6) is 1.59. The van der Waals surface area contributed by atoms with Gasteiger partial charge in [-0.25, -0.2) is 0 Å². The maximum Gasteiger partial charge on any atom is 0.258 e. The largest absolute Gasteiger partial charge is 0.351 e. The van der Waals surface area contributed by atoms with Crippen LogP contribution < -0.4 is 5.32 Å². The number of nitrogens with one attached hydrogen (secondary N) is 1. The molecule has 1 atom stereocenters. The van der Waals surface area contributed by atoms with Gasteiger partial charge in [0.05, 0.1) is 11.6 Å². The minimum absolute atomic E-state index is 0.170. The highest BCUT2D eigenvalue weighted by molar-refractivity contribution is 7.80. The average molecular weight is 467 g/mol. The van der Waals surface area contributed by atoms with Crippen molar-refractivity contribution >= 4 is 34.5 Å². The highest BCUT2D eigenvalue weighted by atomic mass is 35.5. The summed E-state index contributed by atoms with van der Waals surface area (Å²) < 4.78 is 5.78. The van der Waals surface area contributed by atoms with Gasteiger partial charge < -0.3 is 14.7 Å². The van der Waals surface area contributed by atoms with Gasteiger partial charge >= 0.3 is 0 Å². The first kappa shape index (κ1) is 22.5. The molecule has 1 aliphatic heterocycles.